The van der Waals surface area contributed by atoms with Crippen LogP contribution in [0.5, 0.6) is 0 Å². The molecule has 0 amide bonds. The largest absolute Gasteiger partial charge is 0.383 e. The van der Waals surface area contributed by atoms with Crippen molar-refractivity contribution < 1.29 is 4.79 Å². The van der Waals surface area contributed by atoms with Gasteiger partial charge in [0, 0.05) is 20.3 Å². The second-order valence-corrected chi connectivity index (χ2v) is 5.99. The Labute approximate surface area is 95.5 Å². The third-order valence-corrected chi connectivity index (χ3v) is 3.96. The highest BCUT2D eigenvalue weighted by Gasteiger charge is 2.14. The highest BCUT2D eigenvalue weighted by molar-refractivity contribution is 8.18. The zero-order valence-electron chi connectivity index (χ0n) is 9.32. The van der Waals surface area contributed by atoms with Crippen molar-refractivity contribution in [2.45, 2.75) is 18.4 Å². The molecule has 0 saturated heterocycles. The number of thioether (sulfide) groups is 2. The zero-order chi connectivity index (χ0) is 11.0. The first kappa shape index (κ1) is 13.9. The van der Waals surface area contributed by atoms with Gasteiger partial charge in [0.25, 0.3) is 0 Å². The first-order chi connectivity index (χ1) is 6.61. The Morgan fingerprint density at radius 2 is 1.79 bits per heavy atom. The Morgan fingerprint density at radius 1 is 1.29 bits per heavy atom. The van der Waals surface area contributed by atoms with E-state index < -0.39 is 0 Å². The molecule has 0 saturated carbocycles. The van der Waals surface area contributed by atoms with E-state index in [2.05, 4.69) is 13.8 Å². The zero-order valence-corrected chi connectivity index (χ0v) is 11.0. The molecule has 0 aliphatic carbocycles. The number of rotatable bonds is 7. The van der Waals surface area contributed by atoms with E-state index in [1.165, 1.54) is 0 Å². The van der Waals surface area contributed by atoms with Crippen molar-refractivity contribution in [2.75, 3.05) is 25.6 Å². The number of ketones is 1. The maximum Gasteiger partial charge on any atom is 0.180 e. The molecule has 0 atom stereocenters. The summed E-state index contributed by atoms with van der Waals surface area (Å²) in [5.41, 5.74) is 0. The van der Waals surface area contributed by atoms with Crippen molar-refractivity contribution in [3.63, 3.8) is 0 Å². The lowest BCUT2D eigenvalue weighted by Crippen LogP contribution is -2.13. The molecule has 0 radical (unpaired) electrons. The van der Waals surface area contributed by atoms with Crippen molar-refractivity contribution >= 4 is 29.3 Å². The molecule has 4 heteroatoms. The van der Waals surface area contributed by atoms with E-state index in [0.717, 1.165) is 11.5 Å². The number of hydrogen-bond acceptors (Lipinski definition) is 4. The molecule has 0 spiro atoms. The summed E-state index contributed by atoms with van der Waals surface area (Å²) in [5.74, 6) is 2.18. The fourth-order valence-electron chi connectivity index (χ4n) is 0.816. The van der Waals surface area contributed by atoms with Gasteiger partial charge in [0.05, 0.1) is 0 Å². The molecule has 0 aromatic rings. The molecule has 0 heterocycles. The van der Waals surface area contributed by atoms with Gasteiger partial charge in [-0.05, 0) is 17.6 Å². The maximum absolute atomic E-state index is 11.7. The van der Waals surface area contributed by atoms with Crippen LogP contribution in [-0.4, -0.2) is 40.9 Å². The van der Waals surface area contributed by atoms with Gasteiger partial charge in [-0.2, -0.15) is 0 Å². The van der Waals surface area contributed by atoms with E-state index in [-0.39, 0.29) is 10.4 Å². The molecule has 0 bridgehead atoms. The van der Waals surface area contributed by atoms with Gasteiger partial charge >= 0.3 is 0 Å². The molecule has 0 rings (SSSR count). The predicted octanol–water partition coefficient (Wildman–Crippen LogP) is 2.46. The van der Waals surface area contributed by atoms with Crippen molar-refractivity contribution in [3.05, 3.63) is 12.3 Å². The van der Waals surface area contributed by atoms with Crippen molar-refractivity contribution in [3.8, 4) is 0 Å². The van der Waals surface area contributed by atoms with Crippen LogP contribution in [0.3, 0.4) is 0 Å². The molecule has 0 N–H and O–H groups in total. The highest BCUT2D eigenvalue weighted by Crippen LogP contribution is 2.24. The van der Waals surface area contributed by atoms with Crippen molar-refractivity contribution in [1.29, 1.82) is 0 Å². The lowest BCUT2D eigenvalue weighted by Gasteiger charge is -2.11. The van der Waals surface area contributed by atoms with E-state index in [1.807, 2.05) is 25.2 Å². The molecule has 0 aromatic carbocycles. The van der Waals surface area contributed by atoms with Gasteiger partial charge in [-0.25, -0.2) is 0 Å². The molecular weight excluding hydrogens is 214 g/mol. The Hall–Kier alpha value is -0.0900. The van der Waals surface area contributed by atoms with Gasteiger partial charge < -0.3 is 4.90 Å². The summed E-state index contributed by atoms with van der Waals surface area (Å²) in [6.07, 6.45) is 3.47. The first-order valence-corrected chi connectivity index (χ1v) is 6.83. The van der Waals surface area contributed by atoms with Gasteiger partial charge in [-0.15, -0.1) is 23.5 Å². The summed E-state index contributed by atoms with van der Waals surface area (Å²) >= 11 is 3.41. The Kier molecular flexibility index (Phi) is 8.18. The lowest BCUT2D eigenvalue weighted by molar-refractivity contribution is -0.112. The molecule has 0 unspecified atom stereocenters. The second-order valence-electron chi connectivity index (χ2n) is 2.92. The number of nitrogens with zero attached hydrogens (tertiary/aromatic N) is 1. The fourth-order valence-corrected chi connectivity index (χ4v) is 3.11. The molecule has 0 fully saturated rings. The molecular formula is C10H19NOS2. The minimum absolute atomic E-state index is 0.0706. The summed E-state index contributed by atoms with van der Waals surface area (Å²) in [7, 11) is 3.83. The van der Waals surface area contributed by atoms with Crippen LogP contribution >= 0.6 is 23.5 Å². The molecule has 0 aromatic heterocycles. The summed E-state index contributed by atoms with van der Waals surface area (Å²) in [4.78, 5) is 13.5. The molecule has 82 valence electrons. The van der Waals surface area contributed by atoms with Crippen LogP contribution in [0.15, 0.2) is 12.3 Å². The van der Waals surface area contributed by atoms with Crippen LogP contribution < -0.4 is 0 Å². The second kappa shape index (κ2) is 8.24. The molecule has 2 nitrogen and oxygen atoms in total. The summed E-state index contributed by atoms with van der Waals surface area (Å²) in [5, 5.41) is 0. The Morgan fingerprint density at radius 3 is 2.14 bits per heavy atom. The standard InChI is InChI=1S/C10H19NOS2/c1-5-13-10(14-6-2)9(12)7-8-11(3)4/h7-8,10H,5-6H2,1-4H3. The third-order valence-electron chi connectivity index (χ3n) is 1.41. The van der Waals surface area contributed by atoms with E-state index in [4.69, 9.17) is 0 Å². The fraction of sp³-hybridized carbons (Fsp3) is 0.700. The maximum atomic E-state index is 11.7. The van der Waals surface area contributed by atoms with Gasteiger partial charge in [0.2, 0.25) is 0 Å². The van der Waals surface area contributed by atoms with Crippen LogP contribution in [0.2, 0.25) is 0 Å². The van der Waals surface area contributed by atoms with Crippen molar-refractivity contribution in [1.82, 2.24) is 4.90 Å². The van der Waals surface area contributed by atoms with Crippen LogP contribution in [0, 0.1) is 0 Å². The third kappa shape index (κ3) is 6.38. The monoisotopic (exact) mass is 233 g/mol. The van der Waals surface area contributed by atoms with Crippen LogP contribution in [-0.2, 0) is 4.79 Å². The first-order valence-electron chi connectivity index (χ1n) is 4.73. The Balaban J connectivity index is 4.13. The predicted molar refractivity (Wildman–Crippen MR) is 67.9 cm³/mol. The molecule has 14 heavy (non-hydrogen) atoms. The topological polar surface area (TPSA) is 20.3 Å². The average molecular weight is 233 g/mol. The number of hydrogen-bond donors (Lipinski definition) is 0. The van der Waals surface area contributed by atoms with Gasteiger partial charge in [-0.1, -0.05) is 13.8 Å². The minimum Gasteiger partial charge on any atom is -0.383 e. The number of allylic oxidation sites excluding steroid dienone is 1. The summed E-state index contributed by atoms with van der Waals surface area (Å²) in [6.45, 7) is 4.16. The van der Waals surface area contributed by atoms with Crippen LogP contribution in [0.1, 0.15) is 13.8 Å². The van der Waals surface area contributed by atoms with E-state index in [1.54, 1.807) is 29.6 Å². The summed E-state index contributed by atoms with van der Waals surface area (Å²) in [6, 6.07) is 0. The quantitative estimate of drug-likeness (QED) is 0.497. The van der Waals surface area contributed by atoms with E-state index >= 15 is 0 Å². The average Bonchev–Trinajstić information content (AvgIpc) is 2.14. The summed E-state index contributed by atoms with van der Waals surface area (Å²) < 4.78 is 0.0706. The minimum atomic E-state index is 0.0706. The molecule has 0 aliphatic rings. The smallest absolute Gasteiger partial charge is 0.180 e. The number of carbonyl (C=O) groups is 1. The van der Waals surface area contributed by atoms with E-state index in [9.17, 15) is 4.79 Å². The van der Waals surface area contributed by atoms with Gasteiger partial charge in [0.1, 0.15) is 4.58 Å². The Bertz CT molecular complexity index is 187. The van der Waals surface area contributed by atoms with Gasteiger partial charge in [-0.3, -0.25) is 4.79 Å². The lowest BCUT2D eigenvalue weighted by atomic mass is 10.4. The van der Waals surface area contributed by atoms with Gasteiger partial charge in [0.15, 0.2) is 5.78 Å². The number of carbonyl (C=O) groups excluding carboxylic acids is 1. The molecule has 0 aliphatic heterocycles. The normalized spacial score (nSPS) is 11.2. The van der Waals surface area contributed by atoms with Crippen molar-refractivity contribution in [2.24, 2.45) is 0 Å². The van der Waals surface area contributed by atoms with E-state index in [0.29, 0.717) is 0 Å². The van der Waals surface area contributed by atoms with Crippen LogP contribution in [0.25, 0.3) is 0 Å². The SMILES string of the molecule is CCSC(SCC)C(=O)C=CN(C)C. The van der Waals surface area contributed by atoms with Crippen LogP contribution in [0.4, 0.5) is 0 Å². The highest BCUT2D eigenvalue weighted by atomic mass is 32.2.